The van der Waals surface area contributed by atoms with Crippen molar-refractivity contribution in [2.45, 2.75) is 32.2 Å². The van der Waals surface area contributed by atoms with Crippen LogP contribution in [0.4, 0.5) is 0 Å². The number of hydrogen-bond donors (Lipinski definition) is 0. The van der Waals surface area contributed by atoms with Gasteiger partial charge in [0, 0.05) is 37.4 Å². The molecule has 0 radical (unpaired) electrons. The van der Waals surface area contributed by atoms with Crippen LogP contribution in [-0.2, 0) is 16.6 Å². The second-order valence-electron chi connectivity index (χ2n) is 6.48. The van der Waals surface area contributed by atoms with E-state index >= 15 is 0 Å². The van der Waals surface area contributed by atoms with Gasteiger partial charge in [-0.15, -0.1) is 11.3 Å². The maximum Gasteiger partial charge on any atom is 0.348 e. The highest BCUT2D eigenvalue weighted by Crippen LogP contribution is 2.33. The zero-order valence-electron chi connectivity index (χ0n) is 13.2. The van der Waals surface area contributed by atoms with E-state index in [1.165, 1.54) is 11.3 Å². The summed E-state index contributed by atoms with van der Waals surface area (Å²) in [6, 6.07) is 2.29. The van der Waals surface area contributed by atoms with E-state index in [2.05, 4.69) is 5.10 Å². The molecule has 23 heavy (non-hydrogen) atoms. The number of amides is 1. The standard InChI is InChI=1S/C16H19N3O3S/c1-9-12-6-13(23-15(12)18(2)17-9)16(21)22-8-10-5-14(20)19(7-10)11-3-4-11/h6,10-11H,3-5,7-8H2,1-2H3/t10-/m1/s1. The van der Waals surface area contributed by atoms with E-state index in [1.807, 2.05) is 24.9 Å². The summed E-state index contributed by atoms with van der Waals surface area (Å²) >= 11 is 1.40. The minimum absolute atomic E-state index is 0.129. The lowest BCUT2D eigenvalue weighted by Crippen LogP contribution is -2.27. The van der Waals surface area contributed by atoms with Crippen molar-refractivity contribution in [3.63, 3.8) is 0 Å². The van der Waals surface area contributed by atoms with Gasteiger partial charge in [-0.3, -0.25) is 9.48 Å². The molecule has 1 atom stereocenters. The molecule has 2 fully saturated rings. The fourth-order valence-electron chi connectivity index (χ4n) is 3.23. The van der Waals surface area contributed by atoms with E-state index in [4.69, 9.17) is 4.74 Å². The molecule has 6 nitrogen and oxygen atoms in total. The minimum Gasteiger partial charge on any atom is -0.461 e. The maximum absolute atomic E-state index is 12.3. The number of ether oxygens (including phenoxy) is 1. The van der Waals surface area contributed by atoms with Crippen molar-refractivity contribution < 1.29 is 14.3 Å². The van der Waals surface area contributed by atoms with Crippen LogP contribution < -0.4 is 0 Å². The molecule has 1 saturated heterocycles. The van der Waals surface area contributed by atoms with Gasteiger partial charge in [0.15, 0.2) is 0 Å². The van der Waals surface area contributed by atoms with Crippen LogP contribution in [0.1, 0.15) is 34.6 Å². The largest absolute Gasteiger partial charge is 0.461 e. The first kappa shape index (κ1) is 14.7. The summed E-state index contributed by atoms with van der Waals surface area (Å²) in [6.07, 6.45) is 2.74. The summed E-state index contributed by atoms with van der Waals surface area (Å²) in [4.78, 5) is 27.7. The van der Waals surface area contributed by atoms with Crippen LogP contribution in [0.5, 0.6) is 0 Å². The van der Waals surface area contributed by atoms with Crippen LogP contribution in [0.15, 0.2) is 6.07 Å². The first-order valence-corrected chi connectivity index (χ1v) is 8.74. The van der Waals surface area contributed by atoms with Gasteiger partial charge >= 0.3 is 5.97 Å². The van der Waals surface area contributed by atoms with E-state index in [0.29, 0.717) is 23.9 Å². The zero-order chi connectivity index (χ0) is 16.1. The fourth-order valence-corrected chi connectivity index (χ4v) is 4.25. The number of esters is 1. The van der Waals surface area contributed by atoms with Crippen molar-refractivity contribution in [3.8, 4) is 0 Å². The van der Waals surface area contributed by atoms with Gasteiger partial charge < -0.3 is 9.64 Å². The number of aromatic nitrogens is 2. The van der Waals surface area contributed by atoms with Crippen molar-refractivity contribution in [2.24, 2.45) is 13.0 Å². The lowest BCUT2D eigenvalue weighted by atomic mass is 10.1. The van der Waals surface area contributed by atoms with Crippen LogP contribution >= 0.6 is 11.3 Å². The number of hydrogen-bond acceptors (Lipinski definition) is 5. The smallest absolute Gasteiger partial charge is 0.348 e. The SMILES string of the molecule is Cc1nn(C)c2sc(C(=O)OC[C@@H]3CC(=O)N(C4CC4)C3)cc12. The molecule has 0 aromatic carbocycles. The predicted molar refractivity (Wildman–Crippen MR) is 86.5 cm³/mol. The highest BCUT2D eigenvalue weighted by molar-refractivity contribution is 7.20. The second kappa shape index (κ2) is 5.33. The molecule has 1 amide bonds. The van der Waals surface area contributed by atoms with Gasteiger partial charge in [0.05, 0.1) is 12.3 Å². The third-order valence-corrected chi connectivity index (χ3v) is 5.76. The first-order valence-electron chi connectivity index (χ1n) is 7.92. The number of thiophene rings is 1. The van der Waals surface area contributed by atoms with Crippen LogP contribution in [0, 0.1) is 12.8 Å². The van der Waals surface area contributed by atoms with Crippen LogP contribution in [0.3, 0.4) is 0 Å². The Morgan fingerprint density at radius 3 is 2.96 bits per heavy atom. The molecular weight excluding hydrogens is 314 g/mol. The highest BCUT2D eigenvalue weighted by atomic mass is 32.1. The molecule has 3 heterocycles. The van der Waals surface area contributed by atoms with E-state index in [1.54, 1.807) is 4.68 Å². The third kappa shape index (κ3) is 2.63. The Hall–Kier alpha value is -1.89. The van der Waals surface area contributed by atoms with Crippen molar-refractivity contribution in [3.05, 3.63) is 16.6 Å². The van der Waals surface area contributed by atoms with E-state index < -0.39 is 0 Å². The summed E-state index contributed by atoms with van der Waals surface area (Å²) < 4.78 is 7.24. The van der Waals surface area contributed by atoms with Crippen LogP contribution in [0.25, 0.3) is 10.2 Å². The lowest BCUT2D eigenvalue weighted by molar-refractivity contribution is -0.128. The molecule has 2 aromatic heterocycles. The normalized spacial score (nSPS) is 21.4. The predicted octanol–water partition coefficient (Wildman–Crippen LogP) is 2.11. The minimum atomic E-state index is -0.303. The van der Waals surface area contributed by atoms with Crippen molar-refractivity contribution in [2.75, 3.05) is 13.2 Å². The lowest BCUT2D eigenvalue weighted by Gasteiger charge is -2.15. The Morgan fingerprint density at radius 1 is 1.48 bits per heavy atom. The van der Waals surface area contributed by atoms with E-state index in [0.717, 1.165) is 35.3 Å². The number of likely N-dealkylation sites (tertiary alicyclic amines) is 1. The monoisotopic (exact) mass is 333 g/mol. The molecule has 2 aromatic rings. The number of carbonyl (C=O) groups is 2. The van der Waals surface area contributed by atoms with E-state index in [9.17, 15) is 9.59 Å². The molecule has 1 saturated carbocycles. The summed E-state index contributed by atoms with van der Waals surface area (Å²) in [6.45, 7) is 2.98. The number of carbonyl (C=O) groups excluding carboxylic acids is 2. The third-order valence-electron chi connectivity index (χ3n) is 4.57. The molecule has 122 valence electrons. The summed E-state index contributed by atoms with van der Waals surface area (Å²) in [5, 5.41) is 5.33. The topological polar surface area (TPSA) is 64.4 Å². The molecule has 1 aliphatic heterocycles. The average Bonchev–Trinajstić information content (AvgIpc) is 3.03. The Bertz CT molecular complexity index is 755. The Morgan fingerprint density at radius 2 is 2.26 bits per heavy atom. The Kier molecular flexibility index (Phi) is 3.41. The summed E-state index contributed by atoms with van der Waals surface area (Å²) in [5.74, 6) is 0.0323. The van der Waals surface area contributed by atoms with Gasteiger partial charge in [0.2, 0.25) is 5.91 Å². The van der Waals surface area contributed by atoms with Gasteiger partial charge in [-0.05, 0) is 25.8 Å². The van der Waals surface area contributed by atoms with Crippen molar-refractivity contribution >= 4 is 33.4 Å². The average molecular weight is 333 g/mol. The number of nitrogens with zero attached hydrogens (tertiary/aromatic N) is 3. The molecule has 1 aliphatic carbocycles. The quantitative estimate of drug-likeness (QED) is 0.804. The molecule has 0 bridgehead atoms. The zero-order valence-corrected chi connectivity index (χ0v) is 14.1. The number of rotatable bonds is 4. The molecular formula is C16H19N3O3S. The van der Waals surface area contributed by atoms with Crippen molar-refractivity contribution in [1.82, 2.24) is 14.7 Å². The molecule has 0 N–H and O–H groups in total. The van der Waals surface area contributed by atoms with Gasteiger partial charge in [-0.1, -0.05) is 0 Å². The summed E-state index contributed by atoms with van der Waals surface area (Å²) in [7, 11) is 1.87. The molecule has 4 rings (SSSR count). The molecule has 7 heteroatoms. The van der Waals surface area contributed by atoms with Crippen LogP contribution in [0.2, 0.25) is 0 Å². The Balaban J connectivity index is 1.39. The van der Waals surface area contributed by atoms with Gasteiger partial charge in [0.1, 0.15) is 9.71 Å². The number of fused-ring (bicyclic) bond motifs is 1. The summed E-state index contributed by atoms with van der Waals surface area (Å²) in [5.41, 5.74) is 0.916. The first-order chi connectivity index (χ1) is 11.0. The fraction of sp³-hybridized carbons (Fsp3) is 0.562. The van der Waals surface area contributed by atoms with Gasteiger partial charge in [0.25, 0.3) is 0 Å². The molecule has 0 spiro atoms. The highest BCUT2D eigenvalue weighted by Gasteiger charge is 2.39. The van der Waals surface area contributed by atoms with E-state index in [-0.39, 0.29) is 17.8 Å². The Labute approximate surface area is 138 Å². The number of aryl methyl sites for hydroxylation is 2. The maximum atomic E-state index is 12.3. The van der Waals surface area contributed by atoms with Crippen LogP contribution in [-0.4, -0.2) is 45.8 Å². The van der Waals surface area contributed by atoms with Gasteiger partial charge in [-0.2, -0.15) is 5.10 Å². The van der Waals surface area contributed by atoms with Crippen molar-refractivity contribution in [1.29, 1.82) is 0 Å². The molecule has 0 unspecified atom stereocenters. The molecule has 2 aliphatic rings. The van der Waals surface area contributed by atoms with Gasteiger partial charge in [-0.25, -0.2) is 4.79 Å². The second-order valence-corrected chi connectivity index (χ2v) is 7.52.